The molecule has 2 N–H and O–H groups in total. The van der Waals surface area contributed by atoms with Gasteiger partial charge in [-0.05, 0) is 38.8 Å². The summed E-state index contributed by atoms with van der Waals surface area (Å²) < 4.78 is 10.2. The monoisotopic (exact) mass is 364 g/mol. The molecular weight excluding hydrogens is 336 g/mol. The molecule has 0 bridgehead atoms. The zero-order valence-corrected chi connectivity index (χ0v) is 15.9. The van der Waals surface area contributed by atoms with Gasteiger partial charge >= 0.3 is 5.97 Å². The fourth-order valence-corrected chi connectivity index (χ4v) is 2.36. The maximum absolute atomic E-state index is 12.2. The van der Waals surface area contributed by atoms with Gasteiger partial charge < -0.3 is 20.1 Å². The third-order valence-electron chi connectivity index (χ3n) is 4.06. The second kappa shape index (κ2) is 10.4. The SMILES string of the molecule is CCOc1ccccc1C(=O)NCCCC(=O)NC(C)(CC)C(=O)OC. The van der Waals surface area contributed by atoms with Gasteiger partial charge in [0.1, 0.15) is 11.3 Å². The van der Waals surface area contributed by atoms with Crippen LogP contribution in [0.1, 0.15) is 50.4 Å². The number of rotatable bonds is 10. The second-order valence-electron chi connectivity index (χ2n) is 6.01. The second-order valence-corrected chi connectivity index (χ2v) is 6.01. The molecule has 0 aliphatic heterocycles. The summed E-state index contributed by atoms with van der Waals surface area (Å²) in [5.74, 6) is -0.456. The highest BCUT2D eigenvalue weighted by atomic mass is 16.5. The molecule has 0 spiro atoms. The quantitative estimate of drug-likeness (QED) is 0.490. The van der Waals surface area contributed by atoms with Crippen molar-refractivity contribution in [3.63, 3.8) is 0 Å². The van der Waals surface area contributed by atoms with Crippen LogP contribution in [0, 0.1) is 0 Å². The average molecular weight is 364 g/mol. The number of carbonyl (C=O) groups excluding carboxylic acids is 3. The molecule has 1 aromatic rings. The Labute approximate surface area is 154 Å². The van der Waals surface area contributed by atoms with E-state index in [1.54, 1.807) is 38.1 Å². The standard InChI is InChI=1S/C19H28N2O5/c1-5-19(3,18(24)25-4)21-16(22)12-9-13-20-17(23)14-10-7-8-11-15(14)26-6-2/h7-8,10-11H,5-6,9,12-13H2,1-4H3,(H,20,23)(H,21,22). The number of ether oxygens (including phenoxy) is 2. The topological polar surface area (TPSA) is 93.7 Å². The van der Waals surface area contributed by atoms with E-state index >= 15 is 0 Å². The zero-order chi connectivity index (χ0) is 19.6. The Morgan fingerprint density at radius 1 is 1.15 bits per heavy atom. The summed E-state index contributed by atoms with van der Waals surface area (Å²) in [4.78, 5) is 36.0. The number of carbonyl (C=O) groups is 3. The fraction of sp³-hybridized carbons (Fsp3) is 0.526. The molecule has 0 aliphatic carbocycles. The van der Waals surface area contributed by atoms with Crippen molar-refractivity contribution >= 4 is 17.8 Å². The van der Waals surface area contributed by atoms with Gasteiger partial charge in [-0.1, -0.05) is 19.1 Å². The van der Waals surface area contributed by atoms with Crippen molar-refractivity contribution in [3.05, 3.63) is 29.8 Å². The lowest BCUT2D eigenvalue weighted by molar-refractivity contribution is -0.150. The van der Waals surface area contributed by atoms with Crippen LogP contribution in [0.5, 0.6) is 5.75 Å². The van der Waals surface area contributed by atoms with Gasteiger partial charge in [0.15, 0.2) is 0 Å². The summed E-state index contributed by atoms with van der Waals surface area (Å²) in [6.07, 6.45) is 1.08. The lowest BCUT2D eigenvalue weighted by Gasteiger charge is -2.26. The summed E-state index contributed by atoms with van der Waals surface area (Å²) in [5, 5.41) is 5.47. The van der Waals surface area contributed by atoms with Crippen LogP contribution in [0.15, 0.2) is 24.3 Å². The Bertz CT molecular complexity index is 632. The molecular formula is C19H28N2O5. The third kappa shape index (κ3) is 6.06. The fourth-order valence-electron chi connectivity index (χ4n) is 2.36. The number of methoxy groups -OCH3 is 1. The Kier molecular flexibility index (Phi) is 8.61. The van der Waals surface area contributed by atoms with Gasteiger partial charge in [0.05, 0.1) is 19.3 Å². The van der Waals surface area contributed by atoms with Gasteiger partial charge in [0, 0.05) is 13.0 Å². The Morgan fingerprint density at radius 2 is 1.85 bits per heavy atom. The van der Waals surface area contributed by atoms with Crippen LogP contribution in [-0.4, -0.2) is 43.6 Å². The van der Waals surface area contributed by atoms with Crippen LogP contribution >= 0.6 is 0 Å². The van der Waals surface area contributed by atoms with Gasteiger partial charge in [-0.15, -0.1) is 0 Å². The maximum atomic E-state index is 12.2. The molecule has 1 rings (SSSR count). The molecule has 0 saturated heterocycles. The van der Waals surface area contributed by atoms with E-state index in [9.17, 15) is 14.4 Å². The molecule has 2 amide bonds. The van der Waals surface area contributed by atoms with Gasteiger partial charge in [-0.25, -0.2) is 4.79 Å². The van der Waals surface area contributed by atoms with Crippen LogP contribution in [0.3, 0.4) is 0 Å². The molecule has 1 aromatic carbocycles. The van der Waals surface area contributed by atoms with Crippen molar-refractivity contribution in [2.75, 3.05) is 20.3 Å². The number of nitrogens with one attached hydrogen (secondary N) is 2. The molecule has 0 saturated carbocycles. The Balaban J connectivity index is 2.46. The molecule has 0 aromatic heterocycles. The van der Waals surface area contributed by atoms with Crippen LogP contribution in [0.25, 0.3) is 0 Å². The Morgan fingerprint density at radius 3 is 2.46 bits per heavy atom. The number of para-hydroxylation sites is 1. The number of hydrogen-bond acceptors (Lipinski definition) is 5. The van der Waals surface area contributed by atoms with Crippen molar-refractivity contribution in [3.8, 4) is 5.75 Å². The molecule has 0 heterocycles. The predicted octanol–water partition coefficient (Wildman–Crippen LogP) is 2.05. The Hall–Kier alpha value is -2.57. The van der Waals surface area contributed by atoms with Gasteiger partial charge in [-0.2, -0.15) is 0 Å². The highest BCUT2D eigenvalue weighted by molar-refractivity contribution is 5.96. The number of esters is 1. The minimum absolute atomic E-state index is 0.194. The van der Waals surface area contributed by atoms with Crippen molar-refractivity contribution < 1.29 is 23.9 Å². The molecule has 1 atom stereocenters. The minimum atomic E-state index is -1.04. The molecule has 26 heavy (non-hydrogen) atoms. The van der Waals surface area contributed by atoms with Gasteiger partial charge in [-0.3, -0.25) is 9.59 Å². The predicted molar refractivity (Wildman–Crippen MR) is 98.0 cm³/mol. The van der Waals surface area contributed by atoms with Gasteiger partial charge in [0.2, 0.25) is 5.91 Å². The molecule has 7 heteroatoms. The van der Waals surface area contributed by atoms with Crippen LogP contribution in [-0.2, 0) is 14.3 Å². The van der Waals surface area contributed by atoms with Crippen LogP contribution in [0.4, 0.5) is 0 Å². The summed E-state index contributed by atoms with van der Waals surface area (Å²) in [6.45, 7) is 6.09. The van der Waals surface area contributed by atoms with Crippen molar-refractivity contribution in [2.24, 2.45) is 0 Å². The highest BCUT2D eigenvalue weighted by Crippen LogP contribution is 2.17. The van der Waals surface area contributed by atoms with E-state index in [1.165, 1.54) is 7.11 Å². The normalized spacial score (nSPS) is 12.6. The van der Waals surface area contributed by atoms with Gasteiger partial charge in [0.25, 0.3) is 5.91 Å². The molecule has 0 radical (unpaired) electrons. The number of hydrogen-bond donors (Lipinski definition) is 2. The number of benzene rings is 1. The summed E-state index contributed by atoms with van der Waals surface area (Å²) >= 11 is 0. The first-order valence-electron chi connectivity index (χ1n) is 8.77. The molecule has 0 fully saturated rings. The lowest BCUT2D eigenvalue weighted by atomic mass is 9.99. The zero-order valence-electron chi connectivity index (χ0n) is 15.9. The average Bonchev–Trinajstić information content (AvgIpc) is 2.64. The molecule has 7 nitrogen and oxygen atoms in total. The van der Waals surface area contributed by atoms with E-state index in [4.69, 9.17) is 9.47 Å². The van der Waals surface area contributed by atoms with E-state index in [2.05, 4.69) is 10.6 Å². The molecule has 1 unspecified atom stereocenters. The van der Waals surface area contributed by atoms with E-state index in [-0.39, 0.29) is 18.2 Å². The first-order valence-corrected chi connectivity index (χ1v) is 8.77. The van der Waals surface area contributed by atoms with Crippen molar-refractivity contribution in [2.45, 2.75) is 45.6 Å². The van der Waals surface area contributed by atoms with E-state index in [0.717, 1.165) is 0 Å². The van der Waals surface area contributed by atoms with Crippen LogP contribution < -0.4 is 15.4 Å². The van der Waals surface area contributed by atoms with E-state index in [0.29, 0.717) is 37.3 Å². The van der Waals surface area contributed by atoms with Crippen molar-refractivity contribution in [1.82, 2.24) is 10.6 Å². The summed E-state index contributed by atoms with van der Waals surface area (Å²) in [6, 6.07) is 7.00. The first kappa shape index (κ1) is 21.5. The number of amides is 2. The molecule has 144 valence electrons. The first-order chi connectivity index (χ1) is 12.4. The van der Waals surface area contributed by atoms with Crippen molar-refractivity contribution in [1.29, 1.82) is 0 Å². The lowest BCUT2D eigenvalue weighted by Crippen LogP contribution is -2.52. The largest absolute Gasteiger partial charge is 0.493 e. The van der Waals surface area contributed by atoms with E-state index < -0.39 is 11.5 Å². The minimum Gasteiger partial charge on any atom is -0.493 e. The highest BCUT2D eigenvalue weighted by Gasteiger charge is 2.33. The maximum Gasteiger partial charge on any atom is 0.331 e. The summed E-state index contributed by atoms with van der Waals surface area (Å²) in [7, 11) is 1.29. The van der Waals surface area contributed by atoms with E-state index in [1.807, 2.05) is 6.92 Å². The molecule has 0 aliphatic rings. The summed E-state index contributed by atoms with van der Waals surface area (Å²) in [5.41, 5.74) is -0.575. The third-order valence-corrected chi connectivity index (χ3v) is 4.06. The smallest absolute Gasteiger partial charge is 0.331 e. The van der Waals surface area contributed by atoms with Crippen LogP contribution in [0.2, 0.25) is 0 Å².